The normalized spacial score (nSPS) is 9.94. The van der Waals surface area contributed by atoms with Crippen molar-refractivity contribution in [1.29, 1.82) is 0 Å². The lowest BCUT2D eigenvalue weighted by Gasteiger charge is -2.10. The molecule has 0 spiro atoms. The van der Waals surface area contributed by atoms with Crippen molar-refractivity contribution in [3.8, 4) is 5.75 Å². The maximum absolute atomic E-state index is 11.3. The molecule has 0 bridgehead atoms. The first-order valence-corrected chi connectivity index (χ1v) is 5.10. The number of carbonyl (C=O) groups is 2. The number of hydrogen-bond acceptors (Lipinski definition) is 3. The Balaban J connectivity index is 2.54. The van der Waals surface area contributed by atoms with E-state index < -0.39 is 0 Å². The predicted molar refractivity (Wildman–Crippen MR) is 60.6 cm³/mol. The van der Waals surface area contributed by atoms with E-state index in [2.05, 4.69) is 5.32 Å². The van der Waals surface area contributed by atoms with Gasteiger partial charge in [-0.1, -0.05) is 12.1 Å². The Morgan fingerprint density at radius 1 is 1.44 bits per heavy atom. The smallest absolute Gasteiger partial charge is 0.258 e. The molecule has 0 saturated heterocycles. The van der Waals surface area contributed by atoms with E-state index >= 15 is 0 Å². The number of para-hydroxylation sites is 1. The van der Waals surface area contributed by atoms with Crippen LogP contribution in [-0.4, -0.2) is 24.8 Å². The molecule has 0 unspecified atom stereocenters. The first-order valence-electron chi connectivity index (χ1n) is 5.10. The van der Waals surface area contributed by atoms with Crippen LogP contribution in [0.4, 0.5) is 0 Å². The Kier molecular flexibility index (Phi) is 4.51. The van der Waals surface area contributed by atoms with Gasteiger partial charge < -0.3 is 10.1 Å². The minimum absolute atomic E-state index is 0.0803. The van der Waals surface area contributed by atoms with Gasteiger partial charge in [0.25, 0.3) is 5.91 Å². The third-order valence-corrected chi connectivity index (χ3v) is 1.85. The van der Waals surface area contributed by atoms with Gasteiger partial charge in [0, 0.05) is 6.04 Å². The number of benzene rings is 1. The zero-order chi connectivity index (χ0) is 12.0. The van der Waals surface area contributed by atoms with Gasteiger partial charge in [-0.25, -0.2) is 0 Å². The van der Waals surface area contributed by atoms with Crippen molar-refractivity contribution in [2.24, 2.45) is 0 Å². The molecule has 0 aliphatic carbocycles. The van der Waals surface area contributed by atoms with Gasteiger partial charge in [0.2, 0.25) is 0 Å². The Hall–Kier alpha value is -1.84. The van der Waals surface area contributed by atoms with Crippen LogP contribution in [0.2, 0.25) is 0 Å². The SMILES string of the molecule is CC(C)NC(=O)COc1ccccc1C=O. The Labute approximate surface area is 94.6 Å². The minimum atomic E-state index is -0.198. The van der Waals surface area contributed by atoms with Crippen LogP contribution in [0.3, 0.4) is 0 Å². The van der Waals surface area contributed by atoms with E-state index in [0.717, 1.165) is 0 Å². The van der Waals surface area contributed by atoms with Crippen LogP contribution in [-0.2, 0) is 4.79 Å². The van der Waals surface area contributed by atoms with Crippen LogP contribution in [0.25, 0.3) is 0 Å². The molecule has 1 aromatic rings. The summed E-state index contributed by atoms with van der Waals surface area (Å²) in [6, 6.07) is 6.88. The lowest BCUT2D eigenvalue weighted by molar-refractivity contribution is -0.123. The molecular weight excluding hydrogens is 206 g/mol. The van der Waals surface area contributed by atoms with Crippen molar-refractivity contribution in [2.75, 3.05) is 6.61 Å². The summed E-state index contributed by atoms with van der Waals surface area (Å²) in [5.41, 5.74) is 0.444. The van der Waals surface area contributed by atoms with Gasteiger partial charge in [0.15, 0.2) is 12.9 Å². The highest BCUT2D eigenvalue weighted by atomic mass is 16.5. The third-order valence-electron chi connectivity index (χ3n) is 1.85. The average Bonchev–Trinajstić information content (AvgIpc) is 2.26. The van der Waals surface area contributed by atoms with Gasteiger partial charge in [-0.05, 0) is 26.0 Å². The third kappa shape index (κ3) is 3.73. The molecule has 4 nitrogen and oxygen atoms in total. The fourth-order valence-corrected chi connectivity index (χ4v) is 1.22. The quantitative estimate of drug-likeness (QED) is 0.765. The molecule has 0 saturated carbocycles. The molecule has 0 heterocycles. The van der Waals surface area contributed by atoms with Gasteiger partial charge in [-0.15, -0.1) is 0 Å². The Morgan fingerprint density at radius 3 is 2.75 bits per heavy atom. The van der Waals surface area contributed by atoms with E-state index in [1.165, 1.54) is 0 Å². The molecule has 0 aliphatic rings. The molecule has 1 N–H and O–H groups in total. The molecule has 1 rings (SSSR count). The molecule has 0 aliphatic heterocycles. The second-order valence-electron chi connectivity index (χ2n) is 3.67. The summed E-state index contributed by atoms with van der Waals surface area (Å²) in [5, 5.41) is 2.70. The van der Waals surface area contributed by atoms with Crippen LogP contribution in [0.15, 0.2) is 24.3 Å². The highest BCUT2D eigenvalue weighted by molar-refractivity contribution is 5.80. The van der Waals surface area contributed by atoms with E-state index in [1.54, 1.807) is 24.3 Å². The van der Waals surface area contributed by atoms with E-state index in [1.807, 2.05) is 13.8 Å². The lowest BCUT2D eigenvalue weighted by atomic mass is 10.2. The molecule has 4 heteroatoms. The molecule has 0 radical (unpaired) electrons. The molecule has 86 valence electrons. The fraction of sp³-hybridized carbons (Fsp3) is 0.333. The summed E-state index contributed by atoms with van der Waals surface area (Å²) in [5.74, 6) is 0.229. The van der Waals surface area contributed by atoms with Gasteiger partial charge in [0.1, 0.15) is 5.75 Å². The number of carbonyl (C=O) groups excluding carboxylic acids is 2. The zero-order valence-corrected chi connectivity index (χ0v) is 9.40. The molecule has 16 heavy (non-hydrogen) atoms. The number of ether oxygens (including phenoxy) is 1. The summed E-state index contributed by atoms with van der Waals surface area (Å²) in [6.45, 7) is 3.66. The van der Waals surface area contributed by atoms with E-state index in [9.17, 15) is 9.59 Å². The first-order chi connectivity index (χ1) is 7.63. The van der Waals surface area contributed by atoms with Crippen molar-refractivity contribution in [3.05, 3.63) is 29.8 Å². The summed E-state index contributed by atoms with van der Waals surface area (Å²) in [6.07, 6.45) is 0.704. The second kappa shape index (κ2) is 5.90. The molecular formula is C12H15NO3. The van der Waals surface area contributed by atoms with Crippen LogP contribution in [0.5, 0.6) is 5.75 Å². The topological polar surface area (TPSA) is 55.4 Å². The molecule has 0 aromatic heterocycles. The first kappa shape index (κ1) is 12.2. The van der Waals surface area contributed by atoms with Gasteiger partial charge in [-0.3, -0.25) is 9.59 Å². The maximum Gasteiger partial charge on any atom is 0.258 e. The molecule has 1 amide bonds. The summed E-state index contributed by atoms with van der Waals surface area (Å²) in [4.78, 5) is 22.0. The van der Waals surface area contributed by atoms with E-state index in [0.29, 0.717) is 17.6 Å². The van der Waals surface area contributed by atoms with Gasteiger partial charge >= 0.3 is 0 Å². The molecule has 0 fully saturated rings. The summed E-state index contributed by atoms with van der Waals surface area (Å²) < 4.78 is 5.25. The average molecular weight is 221 g/mol. The largest absolute Gasteiger partial charge is 0.483 e. The van der Waals surface area contributed by atoms with Crippen molar-refractivity contribution in [2.45, 2.75) is 19.9 Å². The van der Waals surface area contributed by atoms with Crippen molar-refractivity contribution < 1.29 is 14.3 Å². The van der Waals surface area contributed by atoms with Gasteiger partial charge in [-0.2, -0.15) is 0 Å². The zero-order valence-electron chi connectivity index (χ0n) is 9.40. The van der Waals surface area contributed by atoms with Crippen LogP contribution >= 0.6 is 0 Å². The predicted octanol–water partition coefficient (Wildman–Crippen LogP) is 1.40. The lowest BCUT2D eigenvalue weighted by Crippen LogP contribution is -2.34. The number of nitrogens with one attached hydrogen (secondary N) is 1. The van der Waals surface area contributed by atoms with Crippen LogP contribution < -0.4 is 10.1 Å². The highest BCUT2D eigenvalue weighted by Crippen LogP contribution is 2.15. The maximum atomic E-state index is 11.3. The number of aldehydes is 1. The Morgan fingerprint density at radius 2 is 2.12 bits per heavy atom. The van der Waals surface area contributed by atoms with Crippen LogP contribution in [0.1, 0.15) is 24.2 Å². The number of rotatable bonds is 5. The van der Waals surface area contributed by atoms with Crippen molar-refractivity contribution in [1.82, 2.24) is 5.32 Å². The standard InChI is InChI=1S/C12H15NO3/c1-9(2)13-12(15)8-16-11-6-4-3-5-10(11)7-14/h3-7,9H,8H2,1-2H3,(H,13,15). The summed E-state index contributed by atoms with van der Waals surface area (Å²) >= 11 is 0. The van der Waals surface area contributed by atoms with Crippen LogP contribution in [0, 0.1) is 0 Å². The molecule has 1 aromatic carbocycles. The number of hydrogen-bond donors (Lipinski definition) is 1. The fourth-order valence-electron chi connectivity index (χ4n) is 1.22. The Bertz CT molecular complexity index is 374. The van der Waals surface area contributed by atoms with E-state index in [-0.39, 0.29) is 18.6 Å². The van der Waals surface area contributed by atoms with Crippen molar-refractivity contribution >= 4 is 12.2 Å². The van der Waals surface area contributed by atoms with Gasteiger partial charge in [0.05, 0.1) is 5.56 Å². The van der Waals surface area contributed by atoms with E-state index in [4.69, 9.17) is 4.74 Å². The monoisotopic (exact) mass is 221 g/mol. The van der Waals surface area contributed by atoms with Crippen molar-refractivity contribution in [3.63, 3.8) is 0 Å². The molecule has 0 atom stereocenters. The second-order valence-corrected chi connectivity index (χ2v) is 3.67. The number of amides is 1. The summed E-state index contributed by atoms with van der Waals surface area (Å²) in [7, 11) is 0. The highest BCUT2D eigenvalue weighted by Gasteiger charge is 2.06. The minimum Gasteiger partial charge on any atom is -0.483 e.